The van der Waals surface area contributed by atoms with Gasteiger partial charge in [-0.2, -0.15) is 0 Å². The molecule has 1 heterocycles. The van der Waals surface area contributed by atoms with Crippen molar-refractivity contribution in [3.8, 4) is 0 Å². The third-order valence-corrected chi connectivity index (χ3v) is 2.24. The molecule has 0 bridgehead atoms. The molecule has 1 saturated heterocycles. The van der Waals surface area contributed by atoms with Crippen molar-refractivity contribution in [2.45, 2.75) is 31.8 Å². The van der Waals surface area contributed by atoms with Crippen molar-refractivity contribution in [1.82, 2.24) is 0 Å². The summed E-state index contributed by atoms with van der Waals surface area (Å²) in [7, 11) is 0. The minimum Gasteiger partial charge on any atom is -0.393 e. The molecule has 0 aliphatic carbocycles. The van der Waals surface area contributed by atoms with Crippen LogP contribution in [-0.2, 0) is 9.47 Å². The van der Waals surface area contributed by atoms with Crippen LogP contribution in [0, 0.1) is 0 Å². The van der Waals surface area contributed by atoms with Gasteiger partial charge in [-0.15, -0.1) is 0 Å². The van der Waals surface area contributed by atoms with E-state index in [4.69, 9.17) is 27.4 Å². The van der Waals surface area contributed by atoms with Crippen LogP contribution in [-0.4, -0.2) is 30.9 Å². The second-order valence-electron chi connectivity index (χ2n) is 3.28. The van der Waals surface area contributed by atoms with E-state index in [1.54, 1.807) is 0 Å². The zero-order valence-corrected chi connectivity index (χ0v) is 8.65. The highest BCUT2D eigenvalue weighted by Crippen LogP contribution is 2.11. The van der Waals surface area contributed by atoms with Crippen molar-refractivity contribution in [2.24, 2.45) is 5.73 Å². The maximum Gasteiger partial charge on any atom is 0.0809 e. The first kappa shape index (κ1) is 10.9. The lowest BCUT2D eigenvalue weighted by atomic mass is 10.2. The third kappa shape index (κ3) is 5.18. The van der Waals surface area contributed by atoms with Gasteiger partial charge in [0.2, 0.25) is 0 Å². The molecular formula is C9H17NO2S. The molecule has 0 spiro atoms. The van der Waals surface area contributed by atoms with E-state index < -0.39 is 0 Å². The van der Waals surface area contributed by atoms with Crippen LogP contribution >= 0.6 is 12.2 Å². The normalized spacial score (nSPS) is 22.0. The van der Waals surface area contributed by atoms with E-state index >= 15 is 0 Å². The van der Waals surface area contributed by atoms with E-state index in [9.17, 15) is 0 Å². The lowest BCUT2D eigenvalue weighted by Crippen LogP contribution is -2.15. The zero-order chi connectivity index (χ0) is 9.52. The molecule has 0 radical (unpaired) electrons. The zero-order valence-electron chi connectivity index (χ0n) is 7.83. The van der Waals surface area contributed by atoms with E-state index in [1.165, 1.54) is 6.42 Å². The van der Waals surface area contributed by atoms with Crippen molar-refractivity contribution < 1.29 is 9.47 Å². The maximum atomic E-state index is 5.43. The summed E-state index contributed by atoms with van der Waals surface area (Å²) in [5, 5.41) is 0. The summed E-state index contributed by atoms with van der Waals surface area (Å²) >= 11 is 4.75. The SMILES string of the molecule is NC(=S)CCCOCC1CCCO1. The second-order valence-corrected chi connectivity index (χ2v) is 3.80. The molecule has 1 unspecified atom stereocenters. The van der Waals surface area contributed by atoms with E-state index in [1.807, 2.05) is 0 Å². The van der Waals surface area contributed by atoms with E-state index in [0.717, 1.165) is 39.1 Å². The van der Waals surface area contributed by atoms with Crippen molar-refractivity contribution in [1.29, 1.82) is 0 Å². The highest BCUT2D eigenvalue weighted by atomic mass is 32.1. The smallest absolute Gasteiger partial charge is 0.0809 e. The number of ether oxygens (including phenoxy) is 2. The summed E-state index contributed by atoms with van der Waals surface area (Å²) in [5.74, 6) is 0. The summed E-state index contributed by atoms with van der Waals surface area (Å²) in [6, 6.07) is 0. The van der Waals surface area contributed by atoms with E-state index in [0.29, 0.717) is 11.1 Å². The van der Waals surface area contributed by atoms with Crippen molar-refractivity contribution in [3.63, 3.8) is 0 Å². The molecule has 1 aliphatic rings. The number of nitrogens with two attached hydrogens (primary N) is 1. The first-order valence-corrected chi connectivity index (χ1v) is 5.17. The van der Waals surface area contributed by atoms with E-state index in [-0.39, 0.29) is 0 Å². The Balaban J connectivity index is 1.86. The first-order valence-electron chi connectivity index (χ1n) is 4.76. The van der Waals surface area contributed by atoms with Gasteiger partial charge in [-0.1, -0.05) is 12.2 Å². The average molecular weight is 203 g/mol. The summed E-state index contributed by atoms with van der Waals surface area (Å²) in [6.07, 6.45) is 4.32. The number of thiocarbonyl (C=S) groups is 1. The highest BCUT2D eigenvalue weighted by Gasteiger charge is 2.14. The van der Waals surface area contributed by atoms with Gasteiger partial charge in [-0.3, -0.25) is 0 Å². The van der Waals surface area contributed by atoms with Gasteiger partial charge < -0.3 is 15.2 Å². The highest BCUT2D eigenvalue weighted by molar-refractivity contribution is 7.80. The summed E-state index contributed by atoms with van der Waals surface area (Å²) in [6.45, 7) is 2.34. The lowest BCUT2D eigenvalue weighted by molar-refractivity contribution is 0.0170. The van der Waals surface area contributed by atoms with Crippen LogP contribution in [0.25, 0.3) is 0 Å². The molecule has 2 N–H and O–H groups in total. The molecule has 0 aromatic carbocycles. The number of rotatable bonds is 6. The monoisotopic (exact) mass is 203 g/mol. The van der Waals surface area contributed by atoms with Gasteiger partial charge in [-0.25, -0.2) is 0 Å². The molecule has 0 aromatic rings. The topological polar surface area (TPSA) is 44.5 Å². The largest absolute Gasteiger partial charge is 0.393 e. The average Bonchev–Trinajstić information content (AvgIpc) is 2.55. The Morgan fingerprint density at radius 1 is 1.62 bits per heavy atom. The summed E-state index contributed by atoms with van der Waals surface area (Å²) < 4.78 is 10.8. The van der Waals surface area contributed by atoms with Crippen LogP contribution in [0.3, 0.4) is 0 Å². The fourth-order valence-electron chi connectivity index (χ4n) is 1.34. The minimum atomic E-state index is 0.324. The van der Waals surface area contributed by atoms with Crippen molar-refractivity contribution in [3.05, 3.63) is 0 Å². The molecule has 1 fully saturated rings. The molecule has 3 nitrogen and oxygen atoms in total. The standard InChI is InChI=1S/C9H17NO2S/c10-9(13)4-2-5-11-7-8-3-1-6-12-8/h8H,1-7H2,(H2,10,13). The van der Waals surface area contributed by atoms with Crippen LogP contribution in [0.5, 0.6) is 0 Å². The predicted octanol–water partition coefficient (Wildman–Crippen LogP) is 1.25. The molecule has 0 amide bonds. The molecular weight excluding hydrogens is 186 g/mol. The molecule has 1 rings (SSSR count). The molecule has 13 heavy (non-hydrogen) atoms. The molecule has 4 heteroatoms. The van der Waals surface area contributed by atoms with Gasteiger partial charge in [0.25, 0.3) is 0 Å². The van der Waals surface area contributed by atoms with Crippen molar-refractivity contribution >= 4 is 17.2 Å². The Morgan fingerprint density at radius 3 is 3.08 bits per heavy atom. The third-order valence-electron chi connectivity index (χ3n) is 2.04. The first-order chi connectivity index (χ1) is 6.29. The quantitative estimate of drug-likeness (QED) is 0.521. The Kier molecular flexibility index (Phi) is 5.27. The fraction of sp³-hybridized carbons (Fsp3) is 0.889. The van der Waals surface area contributed by atoms with Gasteiger partial charge in [0, 0.05) is 13.2 Å². The van der Waals surface area contributed by atoms with Crippen LogP contribution in [0.15, 0.2) is 0 Å². The molecule has 76 valence electrons. The molecule has 0 aromatic heterocycles. The predicted molar refractivity (Wildman–Crippen MR) is 55.8 cm³/mol. The Hall–Kier alpha value is -0.190. The Bertz CT molecular complexity index is 158. The second kappa shape index (κ2) is 6.29. The lowest BCUT2D eigenvalue weighted by Gasteiger charge is -2.09. The minimum absolute atomic E-state index is 0.324. The fourth-order valence-corrected chi connectivity index (χ4v) is 1.48. The molecule has 1 aliphatic heterocycles. The number of hydrogen-bond acceptors (Lipinski definition) is 3. The Morgan fingerprint density at radius 2 is 2.46 bits per heavy atom. The Labute approximate surface area is 84.6 Å². The van der Waals surface area contributed by atoms with E-state index in [2.05, 4.69) is 0 Å². The summed E-state index contributed by atoms with van der Waals surface area (Å²) in [5.41, 5.74) is 5.35. The van der Waals surface area contributed by atoms with Gasteiger partial charge >= 0.3 is 0 Å². The van der Waals surface area contributed by atoms with Crippen LogP contribution in [0.1, 0.15) is 25.7 Å². The van der Waals surface area contributed by atoms with Gasteiger partial charge in [-0.05, 0) is 25.7 Å². The molecule has 0 saturated carbocycles. The van der Waals surface area contributed by atoms with Gasteiger partial charge in [0.15, 0.2) is 0 Å². The van der Waals surface area contributed by atoms with Crippen LogP contribution in [0.2, 0.25) is 0 Å². The van der Waals surface area contributed by atoms with Crippen LogP contribution in [0.4, 0.5) is 0 Å². The van der Waals surface area contributed by atoms with Crippen molar-refractivity contribution in [2.75, 3.05) is 19.8 Å². The van der Waals surface area contributed by atoms with Crippen LogP contribution < -0.4 is 5.73 Å². The van der Waals surface area contributed by atoms with Gasteiger partial charge in [0.05, 0.1) is 17.7 Å². The number of hydrogen-bond donors (Lipinski definition) is 1. The maximum absolute atomic E-state index is 5.43. The summed E-state index contributed by atoms with van der Waals surface area (Å²) in [4.78, 5) is 0.570. The molecule has 1 atom stereocenters. The van der Waals surface area contributed by atoms with Gasteiger partial charge in [0.1, 0.15) is 0 Å².